The number of nitrogens with one attached hydrogen (secondary N) is 1. The number of hydrogen-bond acceptors (Lipinski definition) is 5. The summed E-state index contributed by atoms with van der Waals surface area (Å²) in [6.07, 6.45) is 0. The van der Waals surface area contributed by atoms with E-state index < -0.39 is 30.1 Å². The summed E-state index contributed by atoms with van der Waals surface area (Å²) in [4.78, 5) is 39.0. The molecule has 0 aliphatic carbocycles. The summed E-state index contributed by atoms with van der Waals surface area (Å²) in [6.45, 7) is 4.46. The van der Waals surface area contributed by atoms with Crippen LogP contribution in [0.3, 0.4) is 0 Å². The topological polar surface area (TPSA) is 85.5 Å². The summed E-state index contributed by atoms with van der Waals surface area (Å²) in [5.74, 6) is -2.91. The Balaban J connectivity index is 2.14. The predicted octanol–water partition coefficient (Wildman–Crippen LogP) is 3.64. The zero-order valence-corrected chi connectivity index (χ0v) is 15.2. The van der Waals surface area contributed by atoms with Gasteiger partial charge < -0.3 is 14.5 Å². The number of Topliss-reactive ketones (excluding diaryl/α,β-unsaturated/α-hetero) is 1. The van der Waals surface area contributed by atoms with Crippen molar-refractivity contribution in [3.63, 3.8) is 0 Å². The maximum Gasteiger partial charge on any atom is 0.355 e. The lowest BCUT2D eigenvalue weighted by molar-refractivity contribution is 0.0468. The van der Waals surface area contributed by atoms with E-state index in [1.807, 2.05) is 0 Å². The normalized spacial score (nSPS) is 10.5. The van der Waals surface area contributed by atoms with Gasteiger partial charge in [0, 0.05) is 16.3 Å². The zero-order valence-electron chi connectivity index (χ0n) is 14.4. The number of carbonyl (C=O) groups is 3. The highest BCUT2D eigenvalue weighted by Crippen LogP contribution is 2.20. The van der Waals surface area contributed by atoms with Crippen LogP contribution < -0.4 is 0 Å². The predicted molar refractivity (Wildman–Crippen MR) is 92.2 cm³/mol. The van der Waals surface area contributed by atoms with Gasteiger partial charge in [0.05, 0.1) is 12.2 Å². The summed E-state index contributed by atoms with van der Waals surface area (Å²) >= 11 is 5.73. The van der Waals surface area contributed by atoms with E-state index in [1.165, 1.54) is 6.07 Å². The number of esters is 2. The fraction of sp³-hybridized carbons (Fsp3) is 0.278. The monoisotopic (exact) mass is 381 g/mol. The molecule has 0 aliphatic rings. The van der Waals surface area contributed by atoms with Gasteiger partial charge in [-0.1, -0.05) is 11.6 Å². The summed E-state index contributed by atoms with van der Waals surface area (Å²) in [5.41, 5.74) is 0.879. The van der Waals surface area contributed by atoms with Crippen molar-refractivity contribution in [2.75, 3.05) is 13.2 Å². The molecule has 6 nitrogen and oxygen atoms in total. The third-order valence-electron chi connectivity index (χ3n) is 3.68. The highest BCUT2D eigenvalue weighted by molar-refractivity contribution is 6.30. The number of halogens is 2. The van der Waals surface area contributed by atoms with Crippen LogP contribution in [-0.2, 0) is 9.47 Å². The molecule has 0 saturated heterocycles. The number of ether oxygens (including phenoxy) is 2. The van der Waals surface area contributed by atoms with Crippen molar-refractivity contribution in [3.05, 3.63) is 57.1 Å². The largest absolute Gasteiger partial charge is 0.461 e. The molecule has 0 amide bonds. The smallest absolute Gasteiger partial charge is 0.355 e. The van der Waals surface area contributed by atoms with E-state index in [0.29, 0.717) is 11.3 Å². The maximum atomic E-state index is 13.7. The fourth-order valence-electron chi connectivity index (χ4n) is 2.51. The third-order valence-corrected chi connectivity index (χ3v) is 3.91. The molecule has 26 heavy (non-hydrogen) atoms. The lowest BCUT2D eigenvalue weighted by Crippen LogP contribution is -2.16. The van der Waals surface area contributed by atoms with E-state index in [-0.39, 0.29) is 28.5 Å². The number of rotatable bonds is 6. The Bertz CT molecular complexity index is 875. The molecule has 0 unspecified atom stereocenters. The fourth-order valence-corrected chi connectivity index (χ4v) is 2.68. The molecule has 1 aromatic carbocycles. The summed E-state index contributed by atoms with van der Waals surface area (Å²) in [5, 5.41) is 0.168. The molecule has 0 aliphatic heterocycles. The molecular formula is C18H17ClFNO5. The number of benzene rings is 1. The first-order valence-corrected chi connectivity index (χ1v) is 8.15. The Hall–Kier alpha value is -2.67. The maximum absolute atomic E-state index is 13.7. The Morgan fingerprint density at radius 1 is 1.15 bits per heavy atom. The lowest BCUT2D eigenvalue weighted by atomic mass is 10.1. The van der Waals surface area contributed by atoms with Crippen LogP contribution >= 0.6 is 11.6 Å². The molecule has 8 heteroatoms. The molecule has 0 atom stereocenters. The van der Waals surface area contributed by atoms with E-state index in [0.717, 1.165) is 12.1 Å². The van der Waals surface area contributed by atoms with Crippen molar-refractivity contribution in [2.24, 2.45) is 0 Å². The van der Waals surface area contributed by atoms with Gasteiger partial charge in [0.15, 0.2) is 6.61 Å². The molecule has 1 N–H and O–H groups in total. The second-order valence-corrected chi connectivity index (χ2v) is 5.91. The Morgan fingerprint density at radius 2 is 1.85 bits per heavy atom. The summed E-state index contributed by atoms with van der Waals surface area (Å²) in [6, 6.07) is 3.45. The molecule has 0 fully saturated rings. The molecule has 0 spiro atoms. The Kier molecular flexibility index (Phi) is 6.15. The van der Waals surface area contributed by atoms with Crippen LogP contribution in [0.25, 0.3) is 0 Å². The van der Waals surface area contributed by atoms with Crippen molar-refractivity contribution in [3.8, 4) is 0 Å². The number of ketones is 1. The first kappa shape index (κ1) is 19.7. The van der Waals surface area contributed by atoms with Crippen LogP contribution in [0, 0.1) is 19.7 Å². The van der Waals surface area contributed by atoms with E-state index in [4.69, 9.17) is 21.1 Å². The van der Waals surface area contributed by atoms with Crippen LogP contribution in [0.15, 0.2) is 18.2 Å². The number of H-pyrrole nitrogens is 1. The van der Waals surface area contributed by atoms with Gasteiger partial charge >= 0.3 is 11.9 Å². The average molecular weight is 382 g/mol. The third kappa shape index (κ3) is 4.11. The first-order chi connectivity index (χ1) is 12.3. The molecule has 1 aromatic heterocycles. The van der Waals surface area contributed by atoms with E-state index in [2.05, 4.69) is 4.98 Å². The van der Waals surface area contributed by atoms with Gasteiger partial charge in [0.1, 0.15) is 11.5 Å². The van der Waals surface area contributed by atoms with Gasteiger partial charge in [-0.3, -0.25) is 4.79 Å². The van der Waals surface area contributed by atoms with Gasteiger partial charge in [0.25, 0.3) is 0 Å². The summed E-state index contributed by atoms with van der Waals surface area (Å²) in [7, 11) is 0. The average Bonchev–Trinajstić information content (AvgIpc) is 2.89. The molecular weight excluding hydrogens is 365 g/mol. The molecule has 1 heterocycles. The Morgan fingerprint density at radius 3 is 2.50 bits per heavy atom. The molecule has 0 saturated carbocycles. The zero-order chi connectivity index (χ0) is 19.4. The lowest BCUT2D eigenvalue weighted by Gasteiger charge is -2.06. The quantitative estimate of drug-likeness (QED) is 0.610. The number of hydrogen-bond donors (Lipinski definition) is 1. The standard InChI is InChI=1S/C18H17ClFNO5/c1-4-25-18(24)16-9(2)15(10(3)21-16)14(22)8-26-17(23)12-7-11(19)5-6-13(12)20/h5-7,21H,4,8H2,1-3H3. The van der Waals surface area contributed by atoms with Crippen molar-refractivity contribution in [1.82, 2.24) is 4.98 Å². The minimum Gasteiger partial charge on any atom is -0.461 e. The van der Waals surface area contributed by atoms with Crippen molar-refractivity contribution >= 4 is 29.3 Å². The number of aromatic amines is 1. The second-order valence-electron chi connectivity index (χ2n) is 5.47. The van der Waals surface area contributed by atoms with Crippen molar-refractivity contribution in [1.29, 1.82) is 0 Å². The minimum atomic E-state index is -1.00. The van der Waals surface area contributed by atoms with Crippen LogP contribution in [0.5, 0.6) is 0 Å². The molecule has 138 valence electrons. The number of carbonyl (C=O) groups excluding carboxylic acids is 3. The molecule has 2 rings (SSSR count). The van der Waals surface area contributed by atoms with Gasteiger partial charge in [-0.05, 0) is 44.5 Å². The SMILES string of the molecule is CCOC(=O)c1[nH]c(C)c(C(=O)COC(=O)c2cc(Cl)ccc2F)c1C. The first-order valence-electron chi connectivity index (χ1n) is 7.77. The van der Waals surface area contributed by atoms with Gasteiger partial charge in [-0.15, -0.1) is 0 Å². The van der Waals surface area contributed by atoms with E-state index in [9.17, 15) is 18.8 Å². The van der Waals surface area contributed by atoms with Crippen LogP contribution in [0.2, 0.25) is 5.02 Å². The van der Waals surface area contributed by atoms with E-state index >= 15 is 0 Å². The number of aryl methyl sites for hydroxylation is 1. The van der Waals surface area contributed by atoms with Crippen molar-refractivity contribution < 1.29 is 28.2 Å². The molecule has 2 aromatic rings. The van der Waals surface area contributed by atoms with Gasteiger partial charge in [-0.2, -0.15) is 0 Å². The molecule has 0 bridgehead atoms. The minimum absolute atomic E-state index is 0.167. The van der Waals surface area contributed by atoms with E-state index in [1.54, 1.807) is 20.8 Å². The molecule has 0 radical (unpaired) electrons. The summed E-state index contributed by atoms with van der Waals surface area (Å²) < 4.78 is 23.5. The highest BCUT2D eigenvalue weighted by Gasteiger charge is 2.24. The second kappa shape index (κ2) is 8.14. The van der Waals surface area contributed by atoms with Crippen LogP contribution in [0.4, 0.5) is 4.39 Å². The Labute approximate surface area is 154 Å². The van der Waals surface area contributed by atoms with Crippen LogP contribution in [0.1, 0.15) is 49.4 Å². The van der Waals surface area contributed by atoms with Gasteiger partial charge in [-0.25, -0.2) is 14.0 Å². The van der Waals surface area contributed by atoms with Gasteiger partial charge in [0.2, 0.25) is 5.78 Å². The number of aromatic nitrogens is 1. The highest BCUT2D eigenvalue weighted by atomic mass is 35.5. The van der Waals surface area contributed by atoms with Crippen molar-refractivity contribution in [2.45, 2.75) is 20.8 Å². The van der Waals surface area contributed by atoms with Crippen LogP contribution in [-0.4, -0.2) is 35.9 Å².